The molecule has 128 valence electrons. The fraction of sp³-hybridized carbons (Fsp3) is 0.800. The van der Waals surface area contributed by atoms with Gasteiger partial charge in [0.25, 0.3) is 0 Å². The van der Waals surface area contributed by atoms with Gasteiger partial charge >= 0.3 is 0 Å². The number of hydrogen-bond acceptors (Lipinski definition) is 3. The van der Waals surface area contributed by atoms with Crippen LogP contribution in [0.25, 0.3) is 0 Å². The molecule has 2 N–H and O–H groups in total. The summed E-state index contributed by atoms with van der Waals surface area (Å²) in [5, 5.41) is 20.6. The second-order valence-corrected chi connectivity index (χ2v) is 8.78. The van der Waals surface area contributed by atoms with Gasteiger partial charge in [-0.2, -0.15) is 0 Å². The van der Waals surface area contributed by atoms with Crippen molar-refractivity contribution in [2.75, 3.05) is 7.11 Å². The van der Waals surface area contributed by atoms with Crippen molar-refractivity contribution in [1.29, 1.82) is 0 Å². The quantitative estimate of drug-likeness (QED) is 0.730. The minimum absolute atomic E-state index is 0.0415. The summed E-state index contributed by atoms with van der Waals surface area (Å²) in [6, 6.07) is 0. The van der Waals surface area contributed by atoms with E-state index in [0.29, 0.717) is 23.7 Å². The molecule has 4 aliphatic rings. The standard InChI is InChI=1S/C20H30O3/c1-19-8-6-13(21)10-12(19)11-16(23-3)18-14-4-5-17(22)20(14,2)9-7-15(18)19/h6,8,11-15,17-18,21-22H,4-5,7,9-10H2,1-3H3/t12?,13?,14-,15+,17?,18-,19-,20-/m0/s1. The van der Waals surface area contributed by atoms with Crippen LogP contribution in [0.4, 0.5) is 0 Å². The Bertz CT molecular complexity index is 553. The first-order valence-corrected chi connectivity index (χ1v) is 9.21. The van der Waals surface area contributed by atoms with E-state index in [9.17, 15) is 10.2 Å². The van der Waals surface area contributed by atoms with Gasteiger partial charge in [-0.25, -0.2) is 0 Å². The van der Waals surface area contributed by atoms with E-state index in [4.69, 9.17) is 4.74 Å². The summed E-state index contributed by atoms with van der Waals surface area (Å²) < 4.78 is 5.85. The summed E-state index contributed by atoms with van der Waals surface area (Å²) in [4.78, 5) is 0. The predicted octanol–water partition coefficient (Wildman–Crippen LogP) is 3.28. The number of aliphatic hydroxyl groups is 2. The molecule has 4 rings (SSSR count). The average molecular weight is 318 g/mol. The zero-order valence-corrected chi connectivity index (χ0v) is 14.5. The van der Waals surface area contributed by atoms with Crippen molar-refractivity contribution in [1.82, 2.24) is 0 Å². The van der Waals surface area contributed by atoms with Gasteiger partial charge < -0.3 is 14.9 Å². The first-order chi connectivity index (χ1) is 10.9. The minimum Gasteiger partial charge on any atom is -0.501 e. The van der Waals surface area contributed by atoms with E-state index in [0.717, 1.165) is 37.9 Å². The van der Waals surface area contributed by atoms with Gasteiger partial charge in [0, 0.05) is 5.92 Å². The molecule has 3 unspecified atom stereocenters. The Hall–Kier alpha value is -0.800. The van der Waals surface area contributed by atoms with E-state index in [2.05, 4.69) is 26.0 Å². The Morgan fingerprint density at radius 2 is 1.91 bits per heavy atom. The monoisotopic (exact) mass is 318 g/mol. The smallest absolute Gasteiger partial charge is 0.0955 e. The Morgan fingerprint density at radius 3 is 2.65 bits per heavy atom. The molecule has 0 amide bonds. The van der Waals surface area contributed by atoms with Crippen LogP contribution in [0.5, 0.6) is 0 Å². The number of allylic oxidation sites excluding steroid dienone is 3. The summed E-state index contributed by atoms with van der Waals surface area (Å²) >= 11 is 0. The number of aliphatic hydroxyl groups excluding tert-OH is 2. The summed E-state index contributed by atoms with van der Waals surface area (Å²) in [6.45, 7) is 4.66. The maximum absolute atomic E-state index is 10.6. The minimum atomic E-state index is -0.332. The molecule has 0 aliphatic heterocycles. The molecular weight excluding hydrogens is 288 g/mol. The fourth-order valence-corrected chi connectivity index (χ4v) is 6.40. The van der Waals surface area contributed by atoms with Gasteiger partial charge in [-0.1, -0.05) is 26.0 Å². The van der Waals surface area contributed by atoms with Gasteiger partial charge in [0.05, 0.1) is 25.1 Å². The van der Waals surface area contributed by atoms with Gasteiger partial charge in [0.15, 0.2) is 0 Å². The second kappa shape index (κ2) is 5.10. The van der Waals surface area contributed by atoms with Crippen LogP contribution in [0.2, 0.25) is 0 Å². The van der Waals surface area contributed by atoms with Crippen LogP contribution in [0.15, 0.2) is 24.0 Å². The van der Waals surface area contributed by atoms with Gasteiger partial charge in [0.1, 0.15) is 0 Å². The lowest BCUT2D eigenvalue weighted by Gasteiger charge is -2.57. The molecule has 0 bridgehead atoms. The van der Waals surface area contributed by atoms with Crippen molar-refractivity contribution >= 4 is 0 Å². The zero-order chi connectivity index (χ0) is 16.4. The number of methoxy groups -OCH3 is 1. The largest absolute Gasteiger partial charge is 0.501 e. The zero-order valence-electron chi connectivity index (χ0n) is 14.5. The van der Waals surface area contributed by atoms with Gasteiger partial charge in [0.2, 0.25) is 0 Å². The Balaban J connectivity index is 1.78. The third-order valence-electron chi connectivity index (χ3n) is 7.92. The molecule has 0 spiro atoms. The highest BCUT2D eigenvalue weighted by atomic mass is 16.5. The van der Waals surface area contributed by atoms with Crippen molar-refractivity contribution < 1.29 is 14.9 Å². The van der Waals surface area contributed by atoms with Gasteiger partial charge in [-0.15, -0.1) is 0 Å². The molecule has 8 atom stereocenters. The number of fused-ring (bicyclic) bond motifs is 5. The van der Waals surface area contributed by atoms with Crippen molar-refractivity contribution in [3.63, 3.8) is 0 Å². The molecule has 2 saturated carbocycles. The van der Waals surface area contributed by atoms with Crippen LogP contribution in [0.1, 0.15) is 46.0 Å². The molecule has 0 saturated heterocycles. The van der Waals surface area contributed by atoms with Crippen LogP contribution in [0, 0.1) is 34.5 Å². The van der Waals surface area contributed by atoms with E-state index in [1.165, 1.54) is 0 Å². The van der Waals surface area contributed by atoms with E-state index < -0.39 is 0 Å². The molecule has 0 heterocycles. The van der Waals surface area contributed by atoms with Crippen molar-refractivity contribution in [2.24, 2.45) is 34.5 Å². The Kier molecular flexibility index (Phi) is 3.48. The maximum Gasteiger partial charge on any atom is 0.0955 e. The van der Waals surface area contributed by atoms with E-state index in [-0.39, 0.29) is 23.0 Å². The highest BCUT2D eigenvalue weighted by Crippen LogP contribution is 2.65. The molecule has 3 nitrogen and oxygen atoms in total. The molecule has 2 fully saturated rings. The molecule has 0 aromatic rings. The average Bonchev–Trinajstić information content (AvgIpc) is 2.83. The summed E-state index contributed by atoms with van der Waals surface area (Å²) in [5.41, 5.74) is 0.153. The fourth-order valence-electron chi connectivity index (χ4n) is 6.40. The van der Waals surface area contributed by atoms with Crippen LogP contribution in [0.3, 0.4) is 0 Å². The summed E-state index contributed by atoms with van der Waals surface area (Å²) in [7, 11) is 1.79. The Labute approximate surface area is 139 Å². The molecule has 0 radical (unpaired) electrons. The molecule has 3 heteroatoms. The number of rotatable bonds is 1. The van der Waals surface area contributed by atoms with Crippen molar-refractivity contribution in [3.8, 4) is 0 Å². The molecular formula is C20H30O3. The highest BCUT2D eigenvalue weighted by molar-refractivity contribution is 5.27. The van der Waals surface area contributed by atoms with Gasteiger partial charge in [-0.3, -0.25) is 0 Å². The number of hydrogen-bond donors (Lipinski definition) is 2. The van der Waals surface area contributed by atoms with Crippen LogP contribution in [-0.2, 0) is 4.74 Å². The molecule has 4 aliphatic carbocycles. The second-order valence-electron chi connectivity index (χ2n) is 8.78. The third-order valence-corrected chi connectivity index (χ3v) is 7.92. The number of ether oxygens (including phenoxy) is 1. The van der Waals surface area contributed by atoms with Crippen LogP contribution in [-0.4, -0.2) is 29.5 Å². The van der Waals surface area contributed by atoms with Crippen LogP contribution < -0.4 is 0 Å². The first kappa shape index (κ1) is 15.7. The van der Waals surface area contributed by atoms with E-state index in [1.807, 2.05) is 6.08 Å². The normalized spacial score (nSPS) is 54.7. The molecule has 0 aromatic heterocycles. The Morgan fingerprint density at radius 1 is 1.13 bits per heavy atom. The highest BCUT2D eigenvalue weighted by Gasteiger charge is 2.60. The van der Waals surface area contributed by atoms with Crippen molar-refractivity contribution in [3.05, 3.63) is 24.0 Å². The lowest BCUT2D eigenvalue weighted by molar-refractivity contribution is -0.0784. The van der Waals surface area contributed by atoms with Crippen molar-refractivity contribution in [2.45, 2.75) is 58.2 Å². The SMILES string of the molecule is COC1=CC2CC(O)C=C[C@]2(C)[C@@H]2CC[C@]3(C)C(O)CC[C@H]3[C@H]12. The molecule has 0 aromatic carbocycles. The topological polar surface area (TPSA) is 49.7 Å². The van der Waals surface area contributed by atoms with E-state index >= 15 is 0 Å². The first-order valence-electron chi connectivity index (χ1n) is 9.21. The third kappa shape index (κ3) is 2.02. The predicted molar refractivity (Wildman–Crippen MR) is 89.5 cm³/mol. The maximum atomic E-state index is 10.6. The molecule has 23 heavy (non-hydrogen) atoms. The lowest BCUT2D eigenvalue weighted by atomic mass is 9.48. The van der Waals surface area contributed by atoms with E-state index in [1.54, 1.807) is 7.11 Å². The van der Waals surface area contributed by atoms with Gasteiger partial charge in [-0.05, 0) is 66.8 Å². The summed E-state index contributed by atoms with van der Waals surface area (Å²) in [5.74, 6) is 2.96. The lowest BCUT2D eigenvalue weighted by Crippen LogP contribution is -2.53. The summed E-state index contributed by atoms with van der Waals surface area (Å²) in [6.07, 6.45) is 11.2. The van der Waals surface area contributed by atoms with Crippen LogP contribution >= 0.6 is 0 Å².